The molecule has 0 radical (unpaired) electrons. The van der Waals surface area contributed by atoms with Gasteiger partial charge in [-0.1, -0.05) is 0 Å². The summed E-state index contributed by atoms with van der Waals surface area (Å²) in [7, 11) is -1.80. The summed E-state index contributed by atoms with van der Waals surface area (Å²) < 4.78 is 39.9. The number of carbonyl (C=O) groups excluding carboxylic acids is 1. The minimum atomic E-state index is -3.62. The zero-order chi connectivity index (χ0) is 16.7. The van der Waals surface area contributed by atoms with Gasteiger partial charge in [-0.05, 0) is 49.9 Å². The SMILES string of the molecule is CN1C(=O)CC[C@@]12CCCN(S(=O)(=O)c1ccc(F)cc1)CC2. The average molecular weight is 340 g/mol. The van der Waals surface area contributed by atoms with Crippen molar-refractivity contribution >= 4 is 15.9 Å². The van der Waals surface area contributed by atoms with E-state index in [2.05, 4.69) is 0 Å². The standard InChI is InChI=1S/C16H21FN2O3S/c1-18-15(20)7-9-16(18)8-2-11-19(12-10-16)23(21,22)14-5-3-13(17)4-6-14/h3-6H,2,7-12H2,1H3/t16-/m1/s1. The first kappa shape index (κ1) is 16.4. The second kappa shape index (κ2) is 5.87. The van der Waals surface area contributed by atoms with Crippen molar-refractivity contribution in [1.29, 1.82) is 0 Å². The maximum absolute atomic E-state index is 13.0. The molecule has 5 nitrogen and oxygen atoms in total. The quantitative estimate of drug-likeness (QED) is 0.827. The zero-order valence-corrected chi connectivity index (χ0v) is 14.0. The molecule has 1 aromatic carbocycles. The fraction of sp³-hybridized carbons (Fsp3) is 0.562. The maximum Gasteiger partial charge on any atom is 0.243 e. The number of benzene rings is 1. The van der Waals surface area contributed by atoms with E-state index in [0.717, 1.165) is 31.4 Å². The highest BCUT2D eigenvalue weighted by Gasteiger charge is 2.44. The Hall–Kier alpha value is -1.47. The molecule has 2 heterocycles. The van der Waals surface area contributed by atoms with Crippen molar-refractivity contribution in [1.82, 2.24) is 9.21 Å². The molecule has 0 unspecified atom stereocenters. The fourth-order valence-corrected chi connectivity index (χ4v) is 5.15. The van der Waals surface area contributed by atoms with E-state index in [1.165, 1.54) is 16.4 Å². The molecule has 1 atom stereocenters. The first-order valence-corrected chi connectivity index (χ1v) is 9.32. The molecule has 1 spiro atoms. The van der Waals surface area contributed by atoms with Crippen LogP contribution in [0.1, 0.15) is 32.1 Å². The van der Waals surface area contributed by atoms with E-state index in [-0.39, 0.29) is 16.3 Å². The number of hydrogen-bond donors (Lipinski definition) is 0. The Morgan fingerprint density at radius 2 is 1.78 bits per heavy atom. The van der Waals surface area contributed by atoms with Crippen LogP contribution in [0.5, 0.6) is 0 Å². The van der Waals surface area contributed by atoms with Crippen LogP contribution in [0.3, 0.4) is 0 Å². The monoisotopic (exact) mass is 340 g/mol. The Kier molecular flexibility index (Phi) is 4.18. The van der Waals surface area contributed by atoms with Gasteiger partial charge in [0.2, 0.25) is 15.9 Å². The van der Waals surface area contributed by atoms with E-state index in [1.54, 1.807) is 4.90 Å². The summed E-state index contributed by atoms with van der Waals surface area (Å²) in [5, 5.41) is 0. The molecular formula is C16H21FN2O3S. The smallest absolute Gasteiger partial charge is 0.243 e. The lowest BCUT2D eigenvalue weighted by atomic mass is 9.88. The molecule has 2 aliphatic rings. The molecule has 126 valence electrons. The summed E-state index contributed by atoms with van der Waals surface area (Å²) in [6, 6.07) is 4.93. The second-order valence-corrected chi connectivity index (χ2v) is 8.33. The summed E-state index contributed by atoms with van der Waals surface area (Å²) >= 11 is 0. The minimum absolute atomic E-state index is 0.116. The molecule has 1 aromatic rings. The van der Waals surface area contributed by atoms with Gasteiger partial charge in [-0.15, -0.1) is 0 Å². The van der Waals surface area contributed by atoms with E-state index < -0.39 is 15.8 Å². The maximum atomic E-state index is 13.0. The van der Waals surface area contributed by atoms with E-state index in [0.29, 0.717) is 25.9 Å². The van der Waals surface area contributed by atoms with Crippen LogP contribution in [0.25, 0.3) is 0 Å². The number of rotatable bonds is 2. The van der Waals surface area contributed by atoms with Crippen LogP contribution >= 0.6 is 0 Å². The highest BCUT2D eigenvalue weighted by molar-refractivity contribution is 7.89. The van der Waals surface area contributed by atoms with Crippen molar-refractivity contribution in [2.24, 2.45) is 0 Å². The summed E-state index contributed by atoms with van der Waals surface area (Å²) in [4.78, 5) is 13.8. The number of hydrogen-bond acceptors (Lipinski definition) is 3. The van der Waals surface area contributed by atoms with Crippen molar-refractivity contribution in [2.75, 3.05) is 20.1 Å². The molecule has 2 saturated heterocycles. The number of likely N-dealkylation sites (tertiary alicyclic amines) is 1. The highest BCUT2D eigenvalue weighted by Crippen LogP contribution is 2.38. The van der Waals surface area contributed by atoms with E-state index >= 15 is 0 Å². The van der Waals surface area contributed by atoms with Crippen LogP contribution in [0.2, 0.25) is 0 Å². The molecule has 23 heavy (non-hydrogen) atoms. The lowest BCUT2D eigenvalue weighted by Gasteiger charge is -2.35. The molecule has 0 N–H and O–H groups in total. The topological polar surface area (TPSA) is 57.7 Å². The van der Waals surface area contributed by atoms with Gasteiger partial charge in [0, 0.05) is 32.1 Å². The Morgan fingerprint density at radius 3 is 2.39 bits per heavy atom. The third-order valence-corrected chi connectivity index (χ3v) is 7.13. The Balaban J connectivity index is 1.80. The van der Waals surface area contributed by atoms with Gasteiger partial charge in [-0.25, -0.2) is 12.8 Å². The minimum Gasteiger partial charge on any atom is -0.340 e. The molecular weight excluding hydrogens is 319 g/mol. The van der Waals surface area contributed by atoms with Crippen LogP contribution < -0.4 is 0 Å². The molecule has 0 aromatic heterocycles. The third kappa shape index (κ3) is 2.87. The first-order chi connectivity index (χ1) is 10.8. The molecule has 7 heteroatoms. The van der Waals surface area contributed by atoms with Crippen molar-refractivity contribution in [3.63, 3.8) is 0 Å². The molecule has 0 saturated carbocycles. The lowest BCUT2D eigenvalue weighted by molar-refractivity contribution is -0.129. The third-order valence-electron chi connectivity index (χ3n) is 5.22. The largest absolute Gasteiger partial charge is 0.340 e. The predicted molar refractivity (Wildman–Crippen MR) is 83.7 cm³/mol. The van der Waals surface area contributed by atoms with Crippen LogP contribution in [-0.4, -0.2) is 49.2 Å². The number of amides is 1. The number of halogens is 1. The molecule has 2 aliphatic heterocycles. The predicted octanol–water partition coefficient (Wildman–Crippen LogP) is 1.99. The molecule has 3 rings (SSSR count). The Bertz CT molecular complexity index is 705. The van der Waals surface area contributed by atoms with Gasteiger partial charge in [-0.2, -0.15) is 4.31 Å². The Morgan fingerprint density at radius 1 is 1.09 bits per heavy atom. The van der Waals surface area contributed by atoms with Gasteiger partial charge in [0.1, 0.15) is 5.82 Å². The van der Waals surface area contributed by atoms with Crippen LogP contribution in [0, 0.1) is 5.82 Å². The van der Waals surface area contributed by atoms with Crippen LogP contribution in [0.4, 0.5) is 4.39 Å². The summed E-state index contributed by atoms with van der Waals surface area (Å²) in [5.41, 5.74) is -0.204. The molecule has 1 amide bonds. The summed E-state index contributed by atoms with van der Waals surface area (Å²) in [5.74, 6) is -0.315. The first-order valence-electron chi connectivity index (χ1n) is 7.88. The summed E-state index contributed by atoms with van der Waals surface area (Å²) in [6.07, 6.45) is 3.53. The van der Waals surface area contributed by atoms with Crippen molar-refractivity contribution in [2.45, 2.75) is 42.5 Å². The number of nitrogens with zero attached hydrogens (tertiary/aromatic N) is 2. The van der Waals surface area contributed by atoms with Gasteiger partial charge in [0.15, 0.2) is 0 Å². The van der Waals surface area contributed by atoms with Gasteiger partial charge < -0.3 is 4.90 Å². The van der Waals surface area contributed by atoms with E-state index in [4.69, 9.17) is 0 Å². The number of carbonyl (C=O) groups is 1. The summed E-state index contributed by atoms with van der Waals surface area (Å²) in [6.45, 7) is 0.820. The van der Waals surface area contributed by atoms with Crippen LogP contribution in [-0.2, 0) is 14.8 Å². The highest BCUT2D eigenvalue weighted by atomic mass is 32.2. The van der Waals surface area contributed by atoms with Crippen molar-refractivity contribution in [3.8, 4) is 0 Å². The molecule has 0 bridgehead atoms. The van der Waals surface area contributed by atoms with Gasteiger partial charge in [0.25, 0.3) is 0 Å². The van der Waals surface area contributed by atoms with Gasteiger partial charge in [0.05, 0.1) is 4.90 Å². The average Bonchev–Trinajstić information content (AvgIpc) is 2.70. The van der Waals surface area contributed by atoms with E-state index in [1.807, 2.05) is 7.05 Å². The number of sulfonamides is 1. The fourth-order valence-electron chi connectivity index (χ4n) is 3.68. The van der Waals surface area contributed by atoms with Crippen molar-refractivity contribution in [3.05, 3.63) is 30.1 Å². The van der Waals surface area contributed by atoms with Gasteiger partial charge in [-0.3, -0.25) is 4.79 Å². The second-order valence-electron chi connectivity index (χ2n) is 6.39. The zero-order valence-electron chi connectivity index (χ0n) is 13.2. The normalized spacial score (nSPS) is 26.7. The van der Waals surface area contributed by atoms with Crippen LogP contribution in [0.15, 0.2) is 29.2 Å². The Labute approximate surface area is 136 Å². The molecule has 0 aliphatic carbocycles. The van der Waals surface area contributed by atoms with Crippen molar-refractivity contribution < 1.29 is 17.6 Å². The van der Waals surface area contributed by atoms with Gasteiger partial charge >= 0.3 is 0 Å². The molecule has 2 fully saturated rings. The lowest BCUT2D eigenvalue weighted by Crippen LogP contribution is -2.44. The van der Waals surface area contributed by atoms with E-state index in [9.17, 15) is 17.6 Å².